The average molecular weight is 236 g/mol. The number of pyridine rings is 1. The molecule has 0 bridgehead atoms. The maximum atomic E-state index is 5.96. The molecule has 88 valence electrons. The van der Waals surface area contributed by atoms with Gasteiger partial charge in [0.15, 0.2) is 0 Å². The molecule has 0 radical (unpaired) electrons. The molecule has 0 fully saturated rings. The van der Waals surface area contributed by atoms with Gasteiger partial charge in [-0.05, 0) is 24.3 Å². The summed E-state index contributed by atoms with van der Waals surface area (Å²) in [7, 11) is 0. The quantitative estimate of drug-likeness (QED) is 0.743. The highest BCUT2D eigenvalue weighted by atomic mass is 15.3. The number of nitrogens with zero attached hydrogens (tertiary/aromatic N) is 3. The smallest absolute Gasteiger partial charge is 0.0762 e. The second-order valence-corrected chi connectivity index (χ2v) is 3.93. The van der Waals surface area contributed by atoms with Crippen LogP contribution in [0.15, 0.2) is 61.1 Å². The number of hydrogen-bond acceptors (Lipinski definition) is 3. The van der Waals surface area contributed by atoms with Crippen molar-refractivity contribution in [2.24, 2.45) is 0 Å². The highest BCUT2D eigenvalue weighted by molar-refractivity contribution is 5.73. The van der Waals surface area contributed by atoms with E-state index in [1.54, 1.807) is 18.6 Å². The Hall–Kier alpha value is -2.62. The molecule has 1 aromatic carbocycles. The molecule has 0 aliphatic rings. The van der Waals surface area contributed by atoms with Crippen molar-refractivity contribution in [2.75, 3.05) is 5.73 Å². The summed E-state index contributed by atoms with van der Waals surface area (Å²) in [6.07, 6.45) is 5.15. The molecule has 2 heterocycles. The van der Waals surface area contributed by atoms with Crippen molar-refractivity contribution < 1.29 is 0 Å². The van der Waals surface area contributed by atoms with Crippen LogP contribution in [-0.4, -0.2) is 14.8 Å². The first-order valence-corrected chi connectivity index (χ1v) is 5.65. The van der Waals surface area contributed by atoms with Crippen LogP contribution in [0.2, 0.25) is 0 Å². The number of benzene rings is 1. The van der Waals surface area contributed by atoms with Gasteiger partial charge >= 0.3 is 0 Å². The van der Waals surface area contributed by atoms with E-state index in [1.807, 2.05) is 47.1 Å². The number of para-hydroxylation sites is 1. The predicted molar refractivity (Wildman–Crippen MR) is 71.2 cm³/mol. The van der Waals surface area contributed by atoms with Crippen LogP contribution >= 0.6 is 0 Å². The van der Waals surface area contributed by atoms with Crippen LogP contribution in [-0.2, 0) is 0 Å². The number of nitrogens with two attached hydrogens (primary N) is 1. The third-order valence-electron chi connectivity index (χ3n) is 2.77. The summed E-state index contributed by atoms with van der Waals surface area (Å²) in [5.41, 5.74) is 9.51. The average Bonchev–Trinajstić information content (AvgIpc) is 2.89. The molecule has 0 aliphatic heterocycles. The lowest BCUT2D eigenvalue weighted by Gasteiger charge is -2.09. The van der Waals surface area contributed by atoms with Gasteiger partial charge in [-0.25, -0.2) is 4.68 Å². The van der Waals surface area contributed by atoms with Crippen LogP contribution in [0.25, 0.3) is 16.9 Å². The largest absolute Gasteiger partial charge is 0.397 e. The Balaban J connectivity index is 2.16. The Morgan fingerprint density at radius 3 is 2.56 bits per heavy atom. The van der Waals surface area contributed by atoms with Gasteiger partial charge in [-0.3, -0.25) is 4.98 Å². The number of anilines is 1. The first-order valence-electron chi connectivity index (χ1n) is 5.65. The second-order valence-electron chi connectivity index (χ2n) is 3.93. The Bertz CT molecular complexity index is 658. The van der Waals surface area contributed by atoms with E-state index in [2.05, 4.69) is 10.1 Å². The van der Waals surface area contributed by atoms with Gasteiger partial charge in [0.25, 0.3) is 0 Å². The van der Waals surface area contributed by atoms with Crippen LogP contribution in [0.1, 0.15) is 0 Å². The highest BCUT2D eigenvalue weighted by Gasteiger charge is 2.09. The van der Waals surface area contributed by atoms with Gasteiger partial charge in [-0.1, -0.05) is 18.2 Å². The lowest BCUT2D eigenvalue weighted by atomic mass is 10.1. The summed E-state index contributed by atoms with van der Waals surface area (Å²) in [4.78, 5) is 4.00. The molecular formula is C14H12N4. The van der Waals surface area contributed by atoms with Crippen molar-refractivity contribution in [3.63, 3.8) is 0 Å². The monoisotopic (exact) mass is 236 g/mol. The van der Waals surface area contributed by atoms with Crippen LogP contribution < -0.4 is 5.73 Å². The summed E-state index contributed by atoms with van der Waals surface area (Å²) in [6.45, 7) is 0. The molecule has 0 aliphatic carbocycles. The third kappa shape index (κ3) is 1.73. The van der Waals surface area contributed by atoms with Gasteiger partial charge in [0.2, 0.25) is 0 Å². The van der Waals surface area contributed by atoms with E-state index in [1.165, 1.54) is 0 Å². The van der Waals surface area contributed by atoms with E-state index in [-0.39, 0.29) is 0 Å². The molecule has 18 heavy (non-hydrogen) atoms. The molecule has 2 N–H and O–H groups in total. The molecular weight excluding hydrogens is 224 g/mol. The fourth-order valence-corrected chi connectivity index (χ4v) is 1.92. The summed E-state index contributed by atoms with van der Waals surface area (Å²) in [6, 6.07) is 13.8. The molecule has 4 heteroatoms. The Kier molecular flexibility index (Phi) is 2.53. The number of nitrogen functional groups attached to an aromatic ring is 1. The Morgan fingerprint density at radius 1 is 0.944 bits per heavy atom. The molecule has 0 atom stereocenters. The lowest BCUT2D eigenvalue weighted by molar-refractivity contribution is 0.888. The van der Waals surface area contributed by atoms with Crippen molar-refractivity contribution >= 4 is 5.69 Å². The van der Waals surface area contributed by atoms with E-state index < -0.39 is 0 Å². The van der Waals surface area contributed by atoms with E-state index in [0.717, 1.165) is 16.9 Å². The van der Waals surface area contributed by atoms with Crippen LogP contribution in [0, 0.1) is 0 Å². The SMILES string of the molecule is Nc1cnccc1-c1ccnn1-c1ccccc1. The van der Waals surface area contributed by atoms with Crippen molar-refractivity contribution in [3.8, 4) is 16.9 Å². The minimum absolute atomic E-state index is 0.648. The molecule has 3 rings (SSSR count). The first kappa shape index (κ1) is 10.5. The number of aromatic nitrogens is 3. The first-order chi connectivity index (χ1) is 8.86. The van der Waals surface area contributed by atoms with Gasteiger partial charge in [-0.15, -0.1) is 0 Å². The molecule has 3 aromatic rings. The van der Waals surface area contributed by atoms with E-state index in [9.17, 15) is 0 Å². The summed E-state index contributed by atoms with van der Waals surface area (Å²) < 4.78 is 1.87. The van der Waals surface area contributed by atoms with Gasteiger partial charge in [0, 0.05) is 11.8 Å². The van der Waals surface area contributed by atoms with Gasteiger partial charge < -0.3 is 5.73 Å². The maximum Gasteiger partial charge on any atom is 0.0762 e. The van der Waals surface area contributed by atoms with E-state index >= 15 is 0 Å². The molecule has 4 nitrogen and oxygen atoms in total. The minimum atomic E-state index is 0.648. The van der Waals surface area contributed by atoms with Gasteiger partial charge in [0.1, 0.15) is 0 Å². The summed E-state index contributed by atoms with van der Waals surface area (Å²) in [5.74, 6) is 0. The molecule has 0 spiro atoms. The minimum Gasteiger partial charge on any atom is -0.397 e. The second kappa shape index (κ2) is 4.33. The normalized spacial score (nSPS) is 10.4. The molecule has 0 saturated carbocycles. The van der Waals surface area contributed by atoms with Crippen LogP contribution in [0.3, 0.4) is 0 Å². The van der Waals surface area contributed by atoms with E-state index in [0.29, 0.717) is 5.69 Å². The van der Waals surface area contributed by atoms with E-state index in [4.69, 9.17) is 5.73 Å². The molecule has 0 saturated heterocycles. The lowest BCUT2D eigenvalue weighted by Crippen LogP contribution is -2.00. The summed E-state index contributed by atoms with van der Waals surface area (Å²) in [5, 5.41) is 4.34. The van der Waals surface area contributed by atoms with Crippen LogP contribution in [0.4, 0.5) is 5.69 Å². The number of hydrogen-bond donors (Lipinski definition) is 1. The van der Waals surface area contributed by atoms with Crippen molar-refractivity contribution in [2.45, 2.75) is 0 Å². The van der Waals surface area contributed by atoms with Crippen LogP contribution in [0.5, 0.6) is 0 Å². The third-order valence-corrected chi connectivity index (χ3v) is 2.77. The molecule has 0 amide bonds. The predicted octanol–water partition coefficient (Wildman–Crippen LogP) is 2.52. The van der Waals surface area contributed by atoms with Crippen molar-refractivity contribution in [1.82, 2.24) is 14.8 Å². The van der Waals surface area contributed by atoms with Crippen molar-refractivity contribution in [1.29, 1.82) is 0 Å². The summed E-state index contributed by atoms with van der Waals surface area (Å²) >= 11 is 0. The molecule has 2 aromatic heterocycles. The topological polar surface area (TPSA) is 56.7 Å². The maximum absolute atomic E-state index is 5.96. The number of rotatable bonds is 2. The van der Waals surface area contributed by atoms with Gasteiger partial charge in [-0.2, -0.15) is 5.10 Å². The zero-order valence-corrected chi connectivity index (χ0v) is 9.69. The zero-order chi connectivity index (χ0) is 12.4. The zero-order valence-electron chi connectivity index (χ0n) is 9.69. The standard InChI is InChI=1S/C14H12N4/c15-13-10-16-8-6-12(13)14-7-9-17-18(14)11-4-2-1-3-5-11/h1-10H,15H2. The van der Waals surface area contributed by atoms with Gasteiger partial charge in [0.05, 0.1) is 29.5 Å². The molecule has 0 unspecified atom stereocenters. The van der Waals surface area contributed by atoms with Crippen molar-refractivity contribution in [3.05, 3.63) is 61.1 Å². The Morgan fingerprint density at radius 2 is 1.78 bits per heavy atom. The Labute approximate surface area is 105 Å². The fourth-order valence-electron chi connectivity index (χ4n) is 1.92. The fraction of sp³-hybridized carbons (Fsp3) is 0. The highest BCUT2D eigenvalue weighted by Crippen LogP contribution is 2.26.